The number of carbonyl (C=O) groups is 1. The summed E-state index contributed by atoms with van der Waals surface area (Å²) >= 11 is 1.53. The van der Waals surface area contributed by atoms with Crippen LogP contribution in [0.2, 0.25) is 0 Å². The van der Waals surface area contributed by atoms with E-state index in [0.717, 1.165) is 15.7 Å². The molecule has 1 aromatic carbocycles. The van der Waals surface area contributed by atoms with Crippen molar-refractivity contribution in [3.63, 3.8) is 0 Å². The Morgan fingerprint density at radius 3 is 2.61 bits per heavy atom. The van der Waals surface area contributed by atoms with Gasteiger partial charge in [-0.3, -0.25) is 9.78 Å². The number of pyridine rings is 1. The number of carbonyl (C=O) groups excluding carboxylic acids is 1. The van der Waals surface area contributed by atoms with Gasteiger partial charge in [0.15, 0.2) is 5.16 Å². The molecule has 3 rings (SSSR count). The summed E-state index contributed by atoms with van der Waals surface area (Å²) in [6, 6.07) is 13.6. The first-order valence-corrected chi connectivity index (χ1v) is 7.91. The second kappa shape index (κ2) is 6.66. The summed E-state index contributed by atoms with van der Waals surface area (Å²) in [6.45, 7) is 0. The summed E-state index contributed by atoms with van der Waals surface area (Å²) in [4.78, 5) is 23.7. The van der Waals surface area contributed by atoms with Gasteiger partial charge in [0.05, 0.1) is 18.1 Å². The predicted molar refractivity (Wildman–Crippen MR) is 90.7 cm³/mol. The van der Waals surface area contributed by atoms with Crippen LogP contribution in [0.5, 0.6) is 0 Å². The molecule has 0 radical (unpaired) electrons. The molecule has 0 N–H and O–H groups in total. The molecule has 23 heavy (non-hydrogen) atoms. The van der Waals surface area contributed by atoms with Crippen molar-refractivity contribution in [2.75, 3.05) is 11.9 Å². The smallest absolute Gasteiger partial charge is 0.276 e. The lowest BCUT2D eigenvalue weighted by atomic mass is 10.3. The Morgan fingerprint density at radius 1 is 1.13 bits per heavy atom. The van der Waals surface area contributed by atoms with E-state index >= 15 is 0 Å². The molecule has 0 spiro atoms. The summed E-state index contributed by atoms with van der Waals surface area (Å²) in [7, 11) is 3.58. The van der Waals surface area contributed by atoms with E-state index in [0.29, 0.717) is 5.69 Å². The zero-order chi connectivity index (χ0) is 16.2. The Bertz CT molecular complexity index is 802. The average molecular weight is 324 g/mol. The minimum absolute atomic E-state index is 0.118. The Morgan fingerprint density at radius 2 is 1.91 bits per heavy atom. The minimum Gasteiger partial charge on any atom is -0.318 e. The van der Waals surface area contributed by atoms with Crippen molar-refractivity contribution in [3.05, 3.63) is 66.7 Å². The van der Waals surface area contributed by atoms with Gasteiger partial charge in [0.25, 0.3) is 5.91 Å². The standard InChI is InChI=1S/C17H16N4OS/c1-20(13-7-6-10-18-11-13)16(22)15-12-19-17(21(15)2)23-14-8-4-3-5-9-14/h3-12H,1-2H3. The Kier molecular flexibility index (Phi) is 4.43. The van der Waals surface area contributed by atoms with Crippen LogP contribution < -0.4 is 4.90 Å². The molecule has 0 aliphatic rings. The molecule has 3 aromatic rings. The summed E-state index contributed by atoms with van der Waals surface area (Å²) in [6.07, 6.45) is 4.95. The highest BCUT2D eigenvalue weighted by Crippen LogP contribution is 2.27. The fraction of sp³-hybridized carbons (Fsp3) is 0.118. The van der Waals surface area contributed by atoms with E-state index in [1.807, 2.05) is 48.0 Å². The van der Waals surface area contributed by atoms with E-state index in [1.54, 1.807) is 36.6 Å². The van der Waals surface area contributed by atoms with Gasteiger partial charge < -0.3 is 9.47 Å². The summed E-state index contributed by atoms with van der Waals surface area (Å²) in [5.74, 6) is -0.118. The number of nitrogens with zero attached hydrogens (tertiary/aromatic N) is 4. The fourth-order valence-corrected chi connectivity index (χ4v) is 2.97. The second-order valence-corrected chi connectivity index (χ2v) is 6.02. The van der Waals surface area contributed by atoms with Crippen molar-refractivity contribution in [2.24, 2.45) is 7.05 Å². The van der Waals surface area contributed by atoms with Gasteiger partial charge in [-0.05, 0) is 24.3 Å². The predicted octanol–water partition coefficient (Wildman–Crippen LogP) is 3.24. The van der Waals surface area contributed by atoms with Crippen LogP contribution in [0.4, 0.5) is 5.69 Å². The van der Waals surface area contributed by atoms with Crippen molar-refractivity contribution in [1.82, 2.24) is 14.5 Å². The molecular formula is C17H16N4OS. The van der Waals surface area contributed by atoms with E-state index in [-0.39, 0.29) is 5.91 Å². The minimum atomic E-state index is -0.118. The van der Waals surface area contributed by atoms with E-state index < -0.39 is 0 Å². The summed E-state index contributed by atoms with van der Waals surface area (Å²) in [5, 5.41) is 0.777. The molecule has 0 aliphatic heterocycles. The van der Waals surface area contributed by atoms with Crippen LogP contribution in [0.1, 0.15) is 10.5 Å². The van der Waals surface area contributed by atoms with Crippen LogP contribution in [-0.4, -0.2) is 27.5 Å². The Hall–Kier alpha value is -2.60. The zero-order valence-corrected chi connectivity index (χ0v) is 13.7. The molecule has 0 saturated heterocycles. The van der Waals surface area contributed by atoms with Gasteiger partial charge in [0.1, 0.15) is 5.69 Å². The van der Waals surface area contributed by atoms with Crippen LogP contribution in [0, 0.1) is 0 Å². The Labute approximate surface area is 139 Å². The first-order chi connectivity index (χ1) is 11.2. The molecule has 0 aliphatic carbocycles. The van der Waals surface area contributed by atoms with Gasteiger partial charge >= 0.3 is 0 Å². The molecular weight excluding hydrogens is 308 g/mol. The number of imidazole rings is 1. The highest BCUT2D eigenvalue weighted by Gasteiger charge is 2.19. The second-order valence-electron chi connectivity index (χ2n) is 4.98. The third-order valence-corrected chi connectivity index (χ3v) is 4.52. The van der Waals surface area contributed by atoms with E-state index in [2.05, 4.69) is 9.97 Å². The van der Waals surface area contributed by atoms with Crippen molar-refractivity contribution in [1.29, 1.82) is 0 Å². The molecule has 0 atom stereocenters. The Balaban J connectivity index is 1.83. The fourth-order valence-electron chi connectivity index (χ4n) is 2.12. The maximum atomic E-state index is 12.7. The molecule has 0 bridgehead atoms. The maximum absolute atomic E-state index is 12.7. The van der Waals surface area contributed by atoms with Crippen LogP contribution in [0.25, 0.3) is 0 Å². The third kappa shape index (κ3) is 3.27. The molecule has 1 amide bonds. The number of hydrogen-bond acceptors (Lipinski definition) is 4. The third-order valence-electron chi connectivity index (χ3n) is 3.45. The van der Waals surface area contributed by atoms with Gasteiger partial charge in [-0.1, -0.05) is 30.0 Å². The van der Waals surface area contributed by atoms with Crippen LogP contribution in [0.3, 0.4) is 0 Å². The van der Waals surface area contributed by atoms with Gasteiger partial charge in [0, 0.05) is 25.2 Å². The lowest BCUT2D eigenvalue weighted by Gasteiger charge is -2.17. The van der Waals surface area contributed by atoms with Gasteiger partial charge in [-0.25, -0.2) is 4.98 Å². The van der Waals surface area contributed by atoms with E-state index in [4.69, 9.17) is 0 Å². The quantitative estimate of drug-likeness (QED) is 0.739. The van der Waals surface area contributed by atoms with E-state index in [1.165, 1.54) is 11.8 Å². The number of rotatable bonds is 4. The number of hydrogen-bond donors (Lipinski definition) is 0. The SMILES string of the molecule is CN(C(=O)c1cnc(Sc2ccccc2)n1C)c1cccnc1. The first-order valence-electron chi connectivity index (χ1n) is 7.09. The summed E-state index contributed by atoms with van der Waals surface area (Å²) in [5.41, 5.74) is 1.28. The number of benzene rings is 1. The molecule has 0 saturated carbocycles. The number of amides is 1. The topological polar surface area (TPSA) is 51.0 Å². The van der Waals surface area contributed by atoms with E-state index in [9.17, 15) is 4.79 Å². The zero-order valence-electron chi connectivity index (χ0n) is 12.9. The molecule has 6 heteroatoms. The normalized spacial score (nSPS) is 10.5. The first kappa shape index (κ1) is 15.3. The molecule has 2 aromatic heterocycles. The number of anilines is 1. The van der Waals surface area contributed by atoms with Crippen molar-refractivity contribution >= 4 is 23.4 Å². The lowest BCUT2D eigenvalue weighted by Crippen LogP contribution is -2.28. The van der Waals surface area contributed by atoms with Gasteiger partial charge in [0.2, 0.25) is 0 Å². The molecule has 0 fully saturated rings. The molecule has 0 unspecified atom stereocenters. The van der Waals surface area contributed by atoms with Crippen molar-refractivity contribution < 1.29 is 4.79 Å². The highest BCUT2D eigenvalue weighted by atomic mass is 32.2. The van der Waals surface area contributed by atoms with Crippen LogP contribution in [-0.2, 0) is 7.05 Å². The number of aromatic nitrogens is 3. The largest absolute Gasteiger partial charge is 0.318 e. The summed E-state index contributed by atoms with van der Waals surface area (Å²) < 4.78 is 1.81. The van der Waals surface area contributed by atoms with Crippen LogP contribution >= 0.6 is 11.8 Å². The maximum Gasteiger partial charge on any atom is 0.276 e. The monoisotopic (exact) mass is 324 g/mol. The van der Waals surface area contributed by atoms with Gasteiger partial charge in [-0.2, -0.15) is 0 Å². The van der Waals surface area contributed by atoms with Gasteiger partial charge in [-0.15, -0.1) is 0 Å². The molecule has 116 valence electrons. The lowest BCUT2D eigenvalue weighted by molar-refractivity contribution is 0.0984. The highest BCUT2D eigenvalue weighted by molar-refractivity contribution is 7.99. The van der Waals surface area contributed by atoms with Crippen molar-refractivity contribution in [3.8, 4) is 0 Å². The average Bonchev–Trinajstić information content (AvgIpc) is 2.96. The molecule has 5 nitrogen and oxygen atoms in total. The van der Waals surface area contributed by atoms with Crippen molar-refractivity contribution in [2.45, 2.75) is 10.1 Å². The molecule has 2 heterocycles. The van der Waals surface area contributed by atoms with Crippen LogP contribution in [0.15, 0.2) is 71.1 Å².